The van der Waals surface area contributed by atoms with Crippen LogP contribution in [0.3, 0.4) is 0 Å². The van der Waals surface area contributed by atoms with Gasteiger partial charge in [-0.15, -0.1) is 0 Å². The van der Waals surface area contributed by atoms with Crippen molar-refractivity contribution in [3.63, 3.8) is 0 Å². The highest BCUT2D eigenvalue weighted by Gasteiger charge is 2.28. The molecule has 0 spiro atoms. The molecule has 0 aliphatic carbocycles. The van der Waals surface area contributed by atoms with E-state index in [1.165, 1.54) is 13.4 Å². The Bertz CT molecular complexity index is 989. The Morgan fingerprint density at radius 3 is 2.63 bits per heavy atom. The van der Waals surface area contributed by atoms with Gasteiger partial charge in [-0.2, -0.15) is 0 Å². The average molecular weight is 486 g/mol. The Morgan fingerprint density at radius 2 is 1.94 bits per heavy atom. The SMILES string of the molecule is COCC(=O)Nc1ccc2c(c1)C(=O)N(C)C[C@H](OC)[C@H](C)CN(Cc1cncnc1)[C@H](C)CO2. The molecule has 0 unspecified atom stereocenters. The smallest absolute Gasteiger partial charge is 0.257 e. The average Bonchev–Trinajstić information content (AvgIpc) is 2.85. The van der Waals surface area contributed by atoms with Gasteiger partial charge in [0.15, 0.2) is 0 Å². The summed E-state index contributed by atoms with van der Waals surface area (Å²) in [6, 6.07) is 5.11. The number of anilines is 1. The highest BCUT2D eigenvalue weighted by molar-refractivity contribution is 5.99. The van der Waals surface area contributed by atoms with Crippen molar-refractivity contribution in [3.05, 3.63) is 48.0 Å². The summed E-state index contributed by atoms with van der Waals surface area (Å²) in [6.45, 7) is 6.34. The van der Waals surface area contributed by atoms with E-state index < -0.39 is 0 Å². The van der Waals surface area contributed by atoms with Crippen LogP contribution < -0.4 is 10.1 Å². The van der Waals surface area contributed by atoms with Crippen molar-refractivity contribution in [2.45, 2.75) is 32.5 Å². The van der Waals surface area contributed by atoms with Crippen LogP contribution in [0.1, 0.15) is 29.8 Å². The minimum absolute atomic E-state index is 0.0383. The summed E-state index contributed by atoms with van der Waals surface area (Å²) in [5.41, 5.74) is 1.89. The molecule has 1 aromatic carbocycles. The van der Waals surface area contributed by atoms with E-state index in [0.29, 0.717) is 36.7 Å². The quantitative estimate of drug-likeness (QED) is 0.663. The number of benzene rings is 1. The van der Waals surface area contributed by atoms with Gasteiger partial charge >= 0.3 is 0 Å². The third-order valence-electron chi connectivity index (χ3n) is 6.13. The molecule has 1 aromatic heterocycles. The standard InChI is InChI=1S/C25H35N5O5/c1-17-11-30(12-19-9-26-16-27-10-19)18(2)14-35-22-7-6-20(28-24(31)15-33-4)8-21(22)25(32)29(3)13-23(17)34-5/h6-10,16-18,23H,11-15H2,1-5H3,(H,28,31)/t17-,18-,23+/m1/s1. The summed E-state index contributed by atoms with van der Waals surface area (Å²) in [5.74, 6) is 0.0956. The summed E-state index contributed by atoms with van der Waals surface area (Å²) in [5, 5.41) is 2.75. The molecule has 0 fully saturated rings. The number of ether oxygens (including phenoxy) is 3. The van der Waals surface area contributed by atoms with Gasteiger partial charge in [-0.25, -0.2) is 9.97 Å². The maximum atomic E-state index is 13.4. The van der Waals surface area contributed by atoms with E-state index in [2.05, 4.69) is 34.0 Å². The van der Waals surface area contributed by atoms with Crippen LogP contribution in [0, 0.1) is 5.92 Å². The van der Waals surface area contributed by atoms with Gasteiger partial charge in [0.25, 0.3) is 5.91 Å². The molecule has 2 heterocycles. The second-order valence-corrected chi connectivity index (χ2v) is 8.97. The molecule has 2 amide bonds. The summed E-state index contributed by atoms with van der Waals surface area (Å²) in [4.78, 5) is 37.6. The number of fused-ring (bicyclic) bond motifs is 1. The molecule has 0 bridgehead atoms. The van der Waals surface area contributed by atoms with E-state index in [-0.39, 0.29) is 36.5 Å². The lowest BCUT2D eigenvalue weighted by Crippen LogP contribution is -2.46. The Balaban J connectivity index is 1.92. The zero-order valence-corrected chi connectivity index (χ0v) is 21.1. The molecule has 1 N–H and O–H groups in total. The van der Waals surface area contributed by atoms with Crippen molar-refractivity contribution in [1.29, 1.82) is 0 Å². The van der Waals surface area contributed by atoms with Crippen molar-refractivity contribution in [2.24, 2.45) is 5.92 Å². The molecule has 190 valence electrons. The summed E-state index contributed by atoms with van der Waals surface area (Å²) in [6.07, 6.45) is 4.98. The number of nitrogens with one attached hydrogen (secondary N) is 1. The first kappa shape index (κ1) is 26.5. The Labute approximate surface area is 206 Å². The molecular formula is C25H35N5O5. The number of nitrogens with zero attached hydrogens (tertiary/aromatic N) is 4. The van der Waals surface area contributed by atoms with Gasteiger partial charge in [0.05, 0.1) is 11.7 Å². The second kappa shape index (κ2) is 12.6. The number of methoxy groups -OCH3 is 2. The molecule has 35 heavy (non-hydrogen) atoms. The first-order valence-electron chi connectivity index (χ1n) is 11.6. The Morgan fingerprint density at radius 1 is 1.20 bits per heavy atom. The van der Waals surface area contributed by atoms with Crippen molar-refractivity contribution in [3.8, 4) is 5.75 Å². The fourth-order valence-electron chi connectivity index (χ4n) is 4.12. The minimum atomic E-state index is -0.301. The maximum absolute atomic E-state index is 13.4. The third kappa shape index (κ3) is 7.20. The van der Waals surface area contributed by atoms with Gasteiger partial charge in [-0.1, -0.05) is 6.92 Å². The maximum Gasteiger partial charge on any atom is 0.257 e. The monoisotopic (exact) mass is 485 g/mol. The number of carbonyl (C=O) groups is 2. The molecule has 0 saturated heterocycles. The topological polar surface area (TPSA) is 106 Å². The summed E-state index contributed by atoms with van der Waals surface area (Å²) < 4.78 is 16.8. The lowest BCUT2D eigenvalue weighted by molar-refractivity contribution is -0.119. The number of amides is 2. The van der Waals surface area contributed by atoms with E-state index in [4.69, 9.17) is 14.2 Å². The molecule has 0 saturated carbocycles. The van der Waals surface area contributed by atoms with E-state index in [1.54, 1.807) is 37.3 Å². The van der Waals surface area contributed by atoms with Crippen LogP contribution in [-0.4, -0.2) is 91.3 Å². The van der Waals surface area contributed by atoms with Crippen LogP contribution in [0.5, 0.6) is 5.75 Å². The van der Waals surface area contributed by atoms with Crippen LogP contribution in [0.4, 0.5) is 5.69 Å². The molecule has 3 rings (SSSR count). The molecule has 10 heteroatoms. The zero-order chi connectivity index (χ0) is 25.4. The number of rotatable bonds is 6. The van der Waals surface area contributed by atoms with Gasteiger partial charge in [-0.3, -0.25) is 14.5 Å². The van der Waals surface area contributed by atoms with E-state index in [9.17, 15) is 9.59 Å². The van der Waals surface area contributed by atoms with Crippen LogP contribution in [0.25, 0.3) is 0 Å². The molecular weight excluding hydrogens is 450 g/mol. The number of hydrogen-bond donors (Lipinski definition) is 1. The molecule has 0 radical (unpaired) electrons. The fraction of sp³-hybridized carbons (Fsp3) is 0.520. The van der Waals surface area contributed by atoms with Crippen molar-refractivity contribution in [2.75, 3.05) is 52.9 Å². The van der Waals surface area contributed by atoms with Gasteiger partial charge in [0, 0.05) is 70.6 Å². The third-order valence-corrected chi connectivity index (χ3v) is 6.13. The lowest BCUT2D eigenvalue weighted by atomic mass is 10.0. The van der Waals surface area contributed by atoms with Crippen LogP contribution in [0.15, 0.2) is 36.9 Å². The second-order valence-electron chi connectivity index (χ2n) is 8.97. The van der Waals surface area contributed by atoms with Gasteiger partial charge in [0.1, 0.15) is 25.3 Å². The highest BCUT2D eigenvalue weighted by Crippen LogP contribution is 2.26. The number of likely N-dealkylation sites (N-methyl/N-ethyl adjacent to an activating group) is 1. The Kier molecular flexibility index (Phi) is 9.53. The number of hydrogen-bond acceptors (Lipinski definition) is 8. The molecule has 1 aliphatic rings. The van der Waals surface area contributed by atoms with Crippen LogP contribution in [0.2, 0.25) is 0 Å². The van der Waals surface area contributed by atoms with Crippen LogP contribution >= 0.6 is 0 Å². The minimum Gasteiger partial charge on any atom is -0.491 e. The van der Waals surface area contributed by atoms with Gasteiger partial charge in [0.2, 0.25) is 5.91 Å². The normalized spacial score (nSPS) is 21.9. The van der Waals surface area contributed by atoms with Gasteiger partial charge < -0.3 is 24.4 Å². The van der Waals surface area contributed by atoms with E-state index in [0.717, 1.165) is 12.1 Å². The van der Waals surface area contributed by atoms with Crippen LogP contribution in [-0.2, 0) is 20.8 Å². The predicted molar refractivity (Wildman–Crippen MR) is 131 cm³/mol. The van der Waals surface area contributed by atoms with Crippen molar-refractivity contribution >= 4 is 17.5 Å². The number of carbonyl (C=O) groups excluding carboxylic acids is 2. The summed E-state index contributed by atoms with van der Waals surface area (Å²) >= 11 is 0. The molecule has 3 atom stereocenters. The molecule has 2 aromatic rings. The van der Waals surface area contributed by atoms with E-state index >= 15 is 0 Å². The largest absolute Gasteiger partial charge is 0.491 e. The highest BCUT2D eigenvalue weighted by atomic mass is 16.5. The zero-order valence-electron chi connectivity index (χ0n) is 21.1. The van der Waals surface area contributed by atoms with E-state index in [1.807, 2.05) is 12.4 Å². The fourth-order valence-corrected chi connectivity index (χ4v) is 4.12. The van der Waals surface area contributed by atoms with Gasteiger partial charge in [-0.05, 0) is 31.0 Å². The Hall–Kier alpha value is -3.08. The first-order valence-corrected chi connectivity index (χ1v) is 11.6. The lowest BCUT2D eigenvalue weighted by Gasteiger charge is -2.36. The van der Waals surface area contributed by atoms with Crippen molar-refractivity contribution in [1.82, 2.24) is 19.8 Å². The number of aromatic nitrogens is 2. The summed E-state index contributed by atoms with van der Waals surface area (Å²) in [7, 11) is 4.87. The molecule has 10 nitrogen and oxygen atoms in total. The first-order chi connectivity index (χ1) is 16.8. The molecule has 1 aliphatic heterocycles. The van der Waals surface area contributed by atoms with Crippen molar-refractivity contribution < 1.29 is 23.8 Å². The predicted octanol–water partition coefficient (Wildman–Crippen LogP) is 2.07.